The summed E-state index contributed by atoms with van der Waals surface area (Å²) in [7, 11) is 2.09. The predicted octanol–water partition coefficient (Wildman–Crippen LogP) is 10.3. The van der Waals surface area contributed by atoms with Crippen LogP contribution in [-0.2, 0) is 12.5 Å². The van der Waals surface area contributed by atoms with Gasteiger partial charge in [-0.15, -0.1) is 0 Å². The summed E-state index contributed by atoms with van der Waals surface area (Å²) in [5.74, 6) is 0.962. The van der Waals surface area contributed by atoms with Crippen LogP contribution in [-0.4, -0.2) is 14.5 Å². The maximum Gasteiger partial charge on any atom is 0.140 e. The topological polar surface area (TPSA) is 30.7 Å². The van der Waals surface area contributed by atoms with E-state index in [2.05, 4.69) is 162 Å². The third kappa shape index (κ3) is 4.13. The maximum absolute atomic E-state index is 4.95. The molecule has 0 bridgehead atoms. The van der Waals surface area contributed by atoms with Crippen LogP contribution in [0.15, 0.2) is 170 Å². The number of nitrogens with zero attached hydrogens (tertiary/aromatic N) is 3. The molecule has 1 aliphatic carbocycles. The zero-order valence-electron chi connectivity index (χ0n) is 26.0. The van der Waals surface area contributed by atoms with Crippen molar-refractivity contribution in [2.24, 2.45) is 7.05 Å². The molecule has 2 aromatic heterocycles. The summed E-state index contributed by atoms with van der Waals surface area (Å²) in [5, 5.41) is 0. The first-order valence-electron chi connectivity index (χ1n) is 16.1. The van der Waals surface area contributed by atoms with Gasteiger partial charge in [0, 0.05) is 30.6 Å². The van der Waals surface area contributed by atoms with Gasteiger partial charge in [0.15, 0.2) is 0 Å². The SMILES string of the molecule is Cn1c(-c2ccc(-c3cc4c(cc3-c3cccnc3)C(c3ccccc3)(c3ccccc3)c3ccccc3-4)cc2)nc2ccccc21. The van der Waals surface area contributed by atoms with Crippen molar-refractivity contribution in [3.05, 3.63) is 192 Å². The van der Waals surface area contributed by atoms with E-state index in [0.29, 0.717) is 0 Å². The molecule has 222 valence electrons. The highest BCUT2D eigenvalue weighted by molar-refractivity contribution is 5.95. The summed E-state index contributed by atoms with van der Waals surface area (Å²) in [6.07, 6.45) is 3.82. The normalized spacial score (nSPS) is 13.0. The van der Waals surface area contributed by atoms with Gasteiger partial charge in [-0.25, -0.2) is 4.98 Å². The van der Waals surface area contributed by atoms with E-state index in [9.17, 15) is 0 Å². The molecule has 2 heterocycles. The van der Waals surface area contributed by atoms with Gasteiger partial charge in [-0.3, -0.25) is 4.98 Å². The molecule has 0 atom stereocenters. The number of rotatable bonds is 5. The number of hydrogen-bond acceptors (Lipinski definition) is 2. The summed E-state index contributed by atoms with van der Waals surface area (Å²) in [4.78, 5) is 9.51. The Morgan fingerprint density at radius 3 is 1.83 bits per heavy atom. The zero-order chi connectivity index (χ0) is 31.4. The fraction of sp³-hybridized carbons (Fsp3) is 0.0455. The lowest BCUT2D eigenvalue weighted by Crippen LogP contribution is -2.28. The van der Waals surface area contributed by atoms with Crippen LogP contribution in [0, 0.1) is 0 Å². The minimum Gasteiger partial charge on any atom is -0.327 e. The smallest absolute Gasteiger partial charge is 0.140 e. The second-order valence-electron chi connectivity index (χ2n) is 12.3. The summed E-state index contributed by atoms with van der Waals surface area (Å²) >= 11 is 0. The molecule has 6 aromatic carbocycles. The van der Waals surface area contributed by atoms with E-state index in [-0.39, 0.29) is 0 Å². The van der Waals surface area contributed by atoms with Crippen LogP contribution in [0.3, 0.4) is 0 Å². The Kier molecular flexibility index (Phi) is 6.26. The highest BCUT2D eigenvalue weighted by Crippen LogP contribution is 2.57. The molecule has 47 heavy (non-hydrogen) atoms. The third-order valence-corrected chi connectivity index (χ3v) is 9.81. The number of benzene rings is 6. The Hall–Kier alpha value is -6.06. The number of aromatic nitrogens is 3. The van der Waals surface area contributed by atoms with E-state index in [1.165, 1.54) is 38.9 Å². The molecule has 0 spiro atoms. The largest absolute Gasteiger partial charge is 0.327 e. The van der Waals surface area contributed by atoms with Crippen LogP contribution in [0.5, 0.6) is 0 Å². The first kappa shape index (κ1) is 27.3. The average Bonchev–Trinajstić information content (AvgIpc) is 3.64. The van der Waals surface area contributed by atoms with Crippen molar-refractivity contribution in [1.82, 2.24) is 14.5 Å². The van der Waals surface area contributed by atoms with Gasteiger partial charge in [-0.05, 0) is 80.4 Å². The average molecular weight is 602 g/mol. The van der Waals surface area contributed by atoms with Gasteiger partial charge >= 0.3 is 0 Å². The quantitative estimate of drug-likeness (QED) is 0.197. The molecule has 9 rings (SSSR count). The number of fused-ring (bicyclic) bond motifs is 4. The summed E-state index contributed by atoms with van der Waals surface area (Å²) in [6, 6.07) is 57.0. The lowest BCUT2D eigenvalue weighted by Gasteiger charge is -2.34. The van der Waals surface area contributed by atoms with Gasteiger partial charge in [0.2, 0.25) is 0 Å². The molecule has 3 heteroatoms. The van der Waals surface area contributed by atoms with Crippen LogP contribution >= 0.6 is 0 Å². The van der Waals surface area contributed by atoms with Crippen molar-refractivity contribution in [1.29, 1.82) is 0 Å². The van der Waals surface area contributed by atoms with E-state index >= 15 is 0 Å². The van der Waals surface area contributed by atoms with Crippen molar-refractivity contribution in [3.63, 3.8) is 0 Å². The van der Waals surface area contributed by atoms with E-state index in [4.69, 9.17) is 4.98 Å². The van der Waals surface area contributed by atoms with E-state index in [0.717, 1.165) is 39.1 Å². The van der Waals surface area contributed by atoms with Crippen LogP contribution in [0.1, 0.15) is 22.3 Å². The van der Waals surface area contributed by atoms with Gasteiger partial charge in [0.05, 0.1) is 16.4 Å². The standard InChI is InChI=1S/C44H31N3/c1-47-42-21-11-10-20-41(42)46-43(47)31-24-22-30(23-25-31)36-27-38-35-18-8-9-19-39(35)44(33-14-4-2-5-15-33,34-16-6-3-7-17-34)40(38)28-37(36)32-13-12-26-45-29-32/h2-29H,1H3. The van der Waals surface area contributed by atoms with Crippen molar-refractivity contribution < 1.29 is 0 Å². The molecular weight excluding hydrogens is 571 g/mol. The molecule has 8 aromatic rings. The zero-order valence-corrected chi connectivity index (χ0v) is 26.0. The molecule has 0 aliphatic heterocycles. The molecule has 0 amide bonds. The highest BCUT2D eigenvalue weighted by Gasteiger charge is 2.46. The van der Waals surface area contributed by atoms with Crippen LogP contribution in [0.25, 0.3) is 55.8 Å². The van der Waals surface area contributed by atoms with Crippen molar-refractivity contribution >= 4 is 11.0 Å². The number of para-hydroxylation sites is 2. The molecular formula is C44H31N3. The fourth-order valence-corrected chi connectivity index (χ4v) is 7.69. The number of hydrogen-bond donors (Lipinski definition) is 0. The first-order chi connectivity index (χ1) is 23.2. The molecule has 1 aliphatic rings. The van der Waals surface area contributed by atoms with E-state index in [1.807, 2.05) is 24.5 Å². The maximum atomic E-state index is 4.95. The van der Waals surface area contributed by atoms with Crippen molar-refractivity contribution in [3.8, 4) is 44.8 Å². The van der Waals surface area contributed by atoms with Crippen molar-refractivity contribution in [2.45, 2.75) is 5.41 Å². The monoisotopic (exact) mass is 601 g/mol. The molecule has 0 unspecified atom stereocenters. The third-order valence-electron chi connectivity index (χ3n) is 9.81. The molecule has 0 fully saturated rings. The summed E-state index contributed by atoms with van der Waals surface area (Å²) in [6.45, 7) is 0. The van der Waals surface area contributed by atoms with Crippen LogP contribution < -0.4 is 0 Å². The number of imidazole rings is 1. The minimum absolute atomic E-state index is 0.464. The molecule has 0 saturated carbocycles. The molecule has 0 radical (unpaired) electrons. The Bertz CT molecular complexity index is 2350. The molecule has 0 saturated heterocycles. The van der Waals surface area contributed by atoms with Gasteiger partial charge in [0.25, 0.3) is 0 Å². The van der Waals surface area contributed by atoms with Crippen LogP contribution in [0.2, 0.25) is 0 Å². The van der Waals surface area contributed by atoms with Gasteiger partial charge < -0.3 is 4.57 Å². The van der Waals surface area contributed by atoms with Gasteiger partial charge in [-0.1, -0.05) is 127 Å². The van der Waals surface area contributed by atoms with E-state index in [1.54, 1.807) is 0 Å². The lowest BCUT2D eigenvalue weighted by atomic mass is 9.67. The Morgan fingerprint density at radius 1 is 0.489 bits per heavy atom. The summed E-state index contributed by atoms with van der Waals surface area (Å²) < 4.78 is 2.17. The van der Waals surface area contributed by atoms with Gasteiger partial charge in [0.1, 0.15) is 5.82 Å². The summed E-state index contributed by atoms with van der Waals surface area (Å²) in [5.41, 5.74) is 15.0. The molecule has 0 N–H and O–H groups in total. The minimum atomic E-state index is -0.464. The first-order valence-corrected chi connectivity index (χ1v) is 16.1. The fourth-order valence-electron chi connectivity index (χ4n) is 7.69. The molecule has 3 nitrogen and oxygen atoms in total. The number of aryl methyl sites for hydroxylation is 1. The highest BCUT2D eigenvalue weighted by atomic mass is 15.1. The second kappa shape index (κ2) is 10.8. The van der Waals surface area contributed by atoms with Crippen molar-refractivity contribution in [2.75, 3.05) is 0 Å². The van der Waals surface area contributed by atoms with Crippen LogP contribution in [0.4, 0.5) is 0 Å². The Balaban J connectivity index is 1.30. The lowest BCUT2D eigenvalue weighted by molar-refractivity contribution is 0.769. The predicted molar refractivity (Wildman–Crippen MR) is 192 cm³/mol. The van der Waals surface area contributed by atoms with E-state index < -0.39 is 5.41 Å². The number of pyridine rings is 1. The van der Waals surface area contributed by atoms with Gasteiger partial charge in [-0.2, -0.15) is 0 Å². The Labute approximate surface area is 274 Å². The Morgan fingerprint density at radius 2 is 1.13 bits per heavy atom. The second-order valence-corrected chi connectivity index (χ2v) is 12.3.